The van der Waals surface area contributed by atoms with E-state index in [-0.39, 0.29) is 18.3 Å². The molecule has 0 spiro atoms. The van der Waals surface area contributed by atoms with Crippen LogP contribution in [0.4, 0.5) is 5.69 Å². The molecule has 3 heteroatoms. The monoisotopic (exact) mass is 225 g/mol. The number of anilines is 1. The fourth-order valence-corrected chi connectivity index (χ4v) is 2.06. The van der Waals surface area contributed by atoms with Crippen molar-refractivity contribution in [3.8, 4) is 0 Å². The third kappa shape index (κ3) is 2.72. The summed E-state index contributed by atoms with van der Waals surface area (Å²) in [6.45, 7) is 0. The largest absolute Gasteiger partial charge is 0.399 e. The third-order valence-electron chi connectivity index (χ3n) is 2.89. The standard InChI is InChI=1S/C12H15NO.ClH/c13-10-7-5-9(6-8-10)11-3-1-2-4-12(11)14;/h5-8,11H,1-4,13H2;1H. The van der Waals surface area contributed by atoms with Gasteiger partial charge in [-0.25, -0.2) is 0 Å². The van der Waals surface area contributed by atoms with Crippen molar-refractivity contribution in [3.63, 3.8) is 0 Å². The lowest BCUT2D eigenvalue weighted by atomic mass is 9.83. The van der Waals surface area contributed by atoms with Crippen LogP contribution in [-0.4, -0.2) is 5.78 Å². The van der Waals surface area contributed by atoms with Gasteiger partial charge >= 0.3 is 0 Å². The molecule has 1 aromatic rings. The van der Waals surface area contributed by atoms with Crippen molar-refractivity contribution in [1.82, 2.24) is 0 Å². The summed E-state index contributed by atoms with van der Waals surface area (Å²) < 4.78 is 0. The number of ketones is 1. The first-order chi connectivity index (χ1) is 6.77. The van der Waals surface area contributed by atoms with E-state index in [0.29, 0.717) is 5.78 Å². The number of carbonyl (C=O) groups excluding carboxylic acids is 1. The van der Waals surface area contributed by atoms with Gasteiger partial charge in [-0.15, -0.1) is 12.4 Å². The number of halogens is 1. The number of benzene rings is 1. The molecule has 2 N–H and O–H groups in total. The van der Waals surface area contributed by atoms with Crippen LogP contribution in [0.1, 0.15) is 37.2 Å². The Balaban J connectivity index is 0.00000112. The second-order valence-corrected chi connectivity index (χ2v) is 3.93. The molecule has 1 saturated carbocycles. The number of nitrogens with two attached hydrogens (primary N) is 1. The second kappa shape index (κ2) is 5.17. The molecule has 0 bridgehead atoms. The van der Waals surface area contributed by atoms with Gasteiger partial charge in [0.1, 0.15) is 5.78 Å². The van der Waals surface area contributed by atoms with Gasteiger partial charge in [0.2, 0.25) is 0 Å². The zero-order chi connectivity index (χ0) is 9.97. The van der Waals surface area contributed by atoms with E-state index in [4.69, 9.17) is 5.73 Å². The molecular formula is C12H16ClNO. The molecular weight excluding hydrogens is 210 g/mol. The normalized spacial score (nSPS) is 20.8. The molecule has 0 amide bonds. The summed E-state index contributed by atoms with van der Waals surface area (Å²) in [5.74, 6) is 0.519. The van der Waals surface area contributed by atoms with E-state index in [0.717, 1.165) is 30.5 Å². The number of carbonyl (C=O) groups is 1. The first-order valence-corrected chi connectivity index (χ1v) is 5.15. The average molecular weight is 226 g/mol. The Morgan fingerprint density at radius 1 is 1.13 bits per heavy atom. The summed E-state index contributed by atoms with van der Waals surface area (Å²) in [5, 5.41) is 0. The molecule has 0 radical (unpaired) electrons. The van der Waals surface area contributed by atoms with Crippen molar-refractivity contribution in [3.05, 3.63) is 29.8 Å². The van der Waals surface area contributed by atoms with Gasteiger partial charge in [0, 0.05) is 18.0 Å². The molecule has 0 aliphatic heterocycles. The van der Waals surface area contributed by atoms with Gasteiger partial charge in [0.25, 0.3) is 0 Å². The molecule has 2 rings (SSSR count). The van der Waals surface area contributed by atoms with Crippen LogP contribution in [0, 0.1) is 0 Å². The minimum absolute atomic E-state index is 0. The predicted octanol–water partition coefficient (Wildman–Crippen LogP) is 2.92. The Morgan fingerprint density at radius 3 is 2.40 bits per heavy atom. The van der Waals surface area contributed by atoms with Gasteiger partial charge in [-0.3, -0.25) is 4.79 Å². The van der Waals surface area contributed by atoms with Crippen LogP contribution in [0.5, 0.6) is 0 Å². The lowest BCUT2D eigenvalue weighted by molar-refractivity contribution is -0.121. The van der Waals surface area contributed by atoms with Gasteiger partial charge in [-0.2, -0.15) is 0 Å². The van der Waals surface area contributed by atoms with Gasteiger partial charge < -0.3 is 5.73 Å². The summed E-state index contributed by atoms with van der Waals surface area (Å²) in [7, 11) is 0. The van der Waals surface area contributed by atoms with Crippen molar-refractivity contribution in [1.29, 1.82) is 0 Å². The minimum Gasteiger partial charge on any atom is -0.399 e. The summed E-state index contributed by atoms with van der Waals surface area (Å²) >= 11 is 0. The second-order valence-electron chi connectivity index (χ2n) is 3.93. The van der Waals surface area contributed by atoms with Gasteiger partial charge in [0.15, 0.2) is 0 Å². The van der Waals surface area contributed by atoms with Gasteiger partial charge in [-0.1, -0.05) is 18.6 Å². The molecule has 2 nitrogen and oxygen atoms in total. The van der Waals surface area contributed by atoms with E-state index >= 15 is 0 Å². The summed E-state index contributed by atoms with van der Waals surface area (Å²) in [6, 6.07) is 7.70. The fraction of sp³-hybridized carbons (Fsp3) is 0.417. The fourth-order valence-electron chi connectivity index (χ4n) is 2.06. The Bertz CT molecular complexity index is 334. The number of hydrogen-bond acceptors (Lipinski definition) is 2. The smallest absolute Gasteiger partial charge is 0.140 e. The lowest BCUT2D eigenvalue weighted by Crippen LogP contribution is -2.16. The summed E-state index contributed by atoms with van der Waals surface area (Å²) in [4.78, 5) is 11.6. The molecule has 15 heavy (non-hydrogen) atoms. The van der Waals surface area contributed by atoms with Crippen molar-refractivity contribution < 1.29 is 4.79 Å². The third-order valence-corrected chi connectivity index (χ3v) is 2.89. The molecule has 1 fully saturated rings. The van der Waals surface area contributed by atoms with Crippen LogP contribution in [0.3, 0.4) is 0 Å². The maximum Gasteiger partial charge on any atom is 0.140 e. The van der Waals surface area contributed by atoms with E-state index in [9.17, 15) is 4.79 Å². The van der Waals surface area contributed by atoms with Crippen molar-refractivity contribution in [2.24, 2.45) is 0 Å². The number of hydrogen-bond donors (Lipinski definition) is 1. The molecule has 1 atom stereocenters. The van der Waals surface area contributed by atoms with E-state index in [1.807, 2.05) is 24.3 Å². The van der Waals surface area contributed by atoms with Crippen LogP contribution in [0.2, 0.25) is 0 Å². The van der Waals surface area contributed by atoms with Gasteiger partial charge in [-0.05, 0) is 30.5 Å². The highest BCUT2D eigenvalue weighted by molar-refractivity contribution is 5.86. The summed E-state index contributed by atoms with van der Waals surface area (Å²) in [6.07, 6.45) is 3.98. The summed E-state index contributed by atoms with van der Waals surface area (Å²) in [5.41, 5.74) is 7.50. The quantitative estimate of drug-likeness (QED) is 0.747. The van der Waals surface area contributed by atoms with E-state index in [1.165, 1.54) is 6.42 Å². The number of Topliss-reactive ketones (excluding diaryl/α,β-unsaturated/α-hetero) is 1. The topological polar surface area (TPSA) is 43.1 Å². The van der Waals surface area contributed by atoms with E-state index in [2.05, 4.69) is 0 Å². The molecule has 0 saturated heterocycles. The highest BCUT2D eigenvalue weighted by Gasteiger charge is 2.23. The zero-order valence-electron chi connectivity index (χ0n) is 8.61. The molecule has 1 aromatic carbocycles. The van der Waals surface area contributed by atoms with Crippen LogP contribution < -0.4 is 5.73 Å². The minimum atomic E-state index is 0. The van der Waals surface area contributed by atoms with Crippen LogP contribution in [0.15, 0.2) is 24.3 Å². The van der Waals surface area contributed by atoms with Crippen LogP contribution in [0.25, 0.3) is 0 Å². The zero-order valence-corrected chi connectivity index (χ0v) is 9.43. The van der Waals surface area contributed by atoms with E-state index < -0.39 is 0 Å². The number of nitrogen functional groups attached to an aromatic ring is 1. The Kier molecular flexibility index (Phi) is 4.15. The number of rotatable bonds is 1. The van der Waals surface area contributed by atoms with Crippen molar-refractivity contribution in [2.75, 3.05) is 5.73 Å². The highest BCUT2D eigenvalue weighted by Crippen LogP contribution is 2.30. The molecule has 82 valence electrons. The lowest BCUT2D eigenvalue weighted by Gasteiger charge is -2.20. The maximum atomic E-state index is 11.6. The first kappa shape index (κ1) is 12.1. The first-order valence-electron chi connectivity index (χ1n) is 5.15. The highest BCUT2D eigenvalue weighted by atomic mass is 35.5. The molecule has 1 aliphatic rings. The molecule has 1 aliphatic carbocycles. The van der Waals surface area contributed by atoms with Crippen LogP contribution in [-0.2, 0) is 4.79 Å². The molecule has 0 aromatic heterocycles. The van der Waals surface area contributed by atoms with Crippen LogP contribution >= 0.6 is 12.4 Å². The average Bonchev–Trinajstić information content (AvgIpc) is 2.20. The molecule has 0 heterocycles. The van der Waals surface area contributed by atoms with Crippen molar-refractivity contribution >= 4 is 23.9 Å². The predicted molar refractivity (Wildman–Crippen MR) is 64.3 cm³/mol. The van der Waals surface area contributed by atoms with Crippen molar-refractivity contribution in [2.45, 2.75) is 31.6 Å². The maximum absolute atomic E-state index is 11.6. The Morgan fingerprint density at radius 2 is 1.80 bits per heavy atom. The SMILES string of the molecule is Cl.Nc1ccc(C2CCCCC2=O)cc1. The Hall–Kier alpha value is -1.02. The Labute approximate surface area is 96.3 Å². The van der Waals surface area contributed by atoms with E-state index in [1.54, 1.807) is 0 Å². The van der Waals surface area contributed by atoms with Gasteiger partial charge in [0.05, 0.1) is 0 Å². The molecule has 1 unspecified atom stereocenters.